The molecule has 0 spiro atoms. The summed E-state index contributed by atoms with van der Waals surface area (Å²) < 4.78 is 16.4. The highest BCUT2D eigenvalue weighted by Crippen LogP contribution is 2.29. The first kappa shape index (κ1) is 24.4. The molecule has 0 saturated carbocycles. The lowest BCUT2D eigenvalue weighted by Gasteiger charge is -2.16. The van der Waals surface area contributed by atoms with E-state index in [0.717, 1.165) is 12.8 Å². The molecule has 0 bridgehead atoms. The van der Waals surface area contributed by atoms with Gasteiger partial charge in [0, 0.05) is 6.42 Å². The molecule has 2 heterocycles. The van der Waals surface area contributed by atoms with Crippen molar-refractivity contribution in [1.29, 1.82) is 0 Å². The zero-order valence-corrected chi connectivity index (χ0v) is 18.4. The summed E-state index contributed by atoms with van der Waals surface area (Å²) in [5.41, 5.74) is 0. The first-order chi connectivity index (χ1) is 14.2. The molecule has 0 amide bonds. The highest BCUT2D eigenvalue weighted by atomic mass is 16.6. The summed E-state index contributed by atoms with van der Waals surface area (Å²) in [6.45, 7) is 2.85. The second-order valence-electron chi connectivity index (χ2n) is 8.53. The van der Waals surface area contributed by atoms with Crippen LogP contribution >= 0.6 is 0 Å². The topological polar surface area (TPSA) is 65.0 Å². The molecule has 29 heavy (non-hydrogen) atoms. The average molecular weight is 411 g/mol. The molecule has 0 aromatic rings. The standard InChI is InChI=1S/C24H42O5/c1-2-3-4-5-6-7-8-9-10-11-12-13-14-15-16-17-22(26)29-21-19-28-23-20(25)18-27-24(21)23/h9-10,20-21,23-25H,2-8,11-19H2,1H3/b10-9-/t20-,21-,23+,24-/m1/s1. The van der Waals surface area contributed by atoms with Crippen LogP contribution in [-0.2, 0) is 19.0 Å². The van der Waals surface area contributed by atoms with E-state index in [2.05, 4.69) is 19.1 Å². The minimum absolute atomic E-state index is 0.179. The van der Waals surface area contributed by atoms with Crippen molar-refractivity contribution in [2.24, 2.45) is 0 Å². The van der Waals surface area contributed by atoms with Gasteiger partial charge in [-0.15, -0.1) is 0 Å². The Bertz CT molecular complexity index is 464. The largest absolute Gasteiger partial charge is 0.457 e. The van der Waals surface area contributed by atoms with E-state index >= 15 is 0 Å². The lowest BCUT2D eigenvalue weighted by atomic mass is 10.1. The fourth-order valence-corrected chi connectivity index (χ4v) is 4.11. The third-order valence-electron chi connectivity index (χ3n) is 5.91. The number of esters is 1. The van der Waals surface area contributed by atoms with Crippen LogP contribution in [0.15, 0.2) is 12.2 Å². The van der Waals surface area contributed by atoms with E-state index in [-0.39, 0.29) is 30.9 Å². The van der Waals surface area contributed by atoms with Gasteiger partial charge >= 0.3 is 5.97 Å². The first-order valence-corrected chi connectivity index (χ1v) is 12.0. The number of carbonyl (C=O) groups excluding carboxylic acids is 1. The number of unbranched alkanes of at least 4 members (excludes halogenated alkanes) is 11. The van der Waals surface area contributed by atoms with Gasteiger partial charge < -0.3 is 19.3 Å². The zero-order valence-electron chi connectivity index (χ0n) is 18.4. The number of ether oxygens (including phenoxy) is 3. The maximum Gasteiger partial charge on any atom is 0.306 e. The highest BCUT2D eigenvalue weighted by molar-refractivity contribution is 5.69. The van der Waals surface area contributed by atoms with Gasteiger partial charge in [0.15, 0.2) is 6.10 Å². The number of carbonyl (C=O) groups is 1. The molecule has 168 valence electrons. The Morgan fingerprint density at radius 1 is 0.862 bits per heavy atom. The molecule has 2 aliphatic heterocycles. The number of rotatable bonds is 16. The fraction of sp³-hybridized carbons (Fsp3) is 0.875. The van der Waals surface area contributed by atoms with Gasteiger partial charge in [-0.3, -0.25) is 4.79 Å². The second kappa shape index (κ2) is 15.0. The normalized spacial score (nSPS) is 26.3. The van der Waals surface area contributed by atoms with Crippen LogP contribution in [0.25, 0.3) is 0 Å². The van der Waals surface area contributed by atoms with E-state index in [1.807, 2.05) is 0 Å². The van der Waals surface area contributed by atoms with Crippen LogP contribution in [0.3, 0.4) is 0 Å². The molecule has 4 atom stereocenters. The van der Waals surface area contributed by atoms with Gasteiger partial charge in [0.2, 0.25) is 0 Å². The van der Waals surface area contributed by atoms with Crippen molar-refractivity contribution in [2.75, 3.05) is 13.2 Å². The molecule has 0 unspecified atom stereocenters. The van der Waals surface area contributed by atoms with Crippen molar-refractivity contribution in [3.63, 3.8) is 0 Å². The molecule has 5 heteroatoms. The Balaban J connectivity index is 1.35. The summed E-state index contributed by atoms with van der Waals surface area (Å²) in [5, 5.41) is 9.71. The first-order valence-electron chi connectivity index (χ1n) is 12.0. The lowest BCUT2D eigenvalue weighted by Crippen LogP contribution is -2.34. The number of aliphatic hydroxyl groups is 1. The van der Waals surface area contributed by atoms with Crippen molar-refractivity contribution in [3.8, 4) is 0 Å². The van der Waals surface area contributed by atoms with Crippen molar-refractivity contribution < 1.29 is 24.1 Å². The minimum Gasteiger partial charge on any atom is -0.457 e. The van der Waals surface area contributed by atoms with Crippen molar-refractivity contribution in [1.82, 2.24) is 0 Å². The Morgan fingerprint density at radius 3 is 2.14 bits per heavy atom. The fourth-order valence-electron chi connectivity index (χ4n) is 4.11. The van der Waals surface area contributed by atoms with Crippen molar-refractivity contribution in [3.05, 3.63) is 12.2 Å². The van der Waals surface area contributed by atoms with Gasteiger partial charge in [0.25, 0.3) is 0 Å². The molecular weight excluding hydrogens is 368 g/mol. The van der Waals surface area contributed by atoms with Gasteiger partial charge in [-0.25, -0.2) is 0 Å². The summed E-state index contributed by atoms with van der Waals surface area (Å²) in [4.78, 5) is 12.0. The zero-order chi connectivity index (χ0) is 20.7. The summed E-state index contributed by atoms with van der Waals surface area (Å²) in [6, 6.07) is 0. The van der Waals surface area contributed by atoms with Crippen LogP contribution in [0.5, 0.6) is 0 Å². The predicted molar refractivity (Wildman–Crippen MR) is 115 cm³/mol. The number of allylic oxidation sites excluding steroid dienone is 2. The quantitative estimate of drug-likeness (QED) is 0.218. The molecule has 0 aromatic carbocycles. The Hall–Kier alpha value is -0.910. The molecular formula is C24H42O5. The number of aliphatic hydroxyl groups excluding tert-OH is 1. The maximum absolute atomic E-state index is 12.0. The molecule has 2 rings (SSSR count). The highest BCUT2D eigenvalue weighted by Gasteiger charge is 2.48. The summed E-state index contributed by atoms with van der Waals surface area (Å²) in [7, 11) is 0. The minimum atomic E-state index is -0.603. The van der Waals surface area contributed by atoms with Crippen LogP contribution in [0.4, 0.5) is 0 Å². The molecule has 0 aliphatic carbocycles. The van der Waals surface area contributed by atoms with Crippen LogP contribution < -0.4 is 0 Å². The van der Waals surface area contributed by atoms with Crippen molar-refractivity contribution >= 4 is 5.97 Å². The molecule has 2 fully saturated rings. The van der Waals surface area contributed by atoms with Gasteiger partial charge in [-0.2, -0.15) is 0 Å². The number of fused-ring (bicyclic) bond motifs is 1. The molecule has 2 aliphatic rings. The van der Waals surface area contributed by atoms with Gasteiger partial charge in [0.05, 0.1) is 13.2 Å². The Kier molecular flexibility index (Phi) is 12.6. The van der Waals surface area contributed by atoms with E-state index in [1.54, 1.807) is 0 Å². The number of hydrogen-bond acceptors (Lipinski definition) is 5. The second-order valence-corrected chi connectivity index (χ2v) is 8.53. The third-order valence-corrected chi connectivity index (χ3v) is 5.91. The van der Waals surface area contributed by atoms with Crippen LogP contribution in [0.2, 0.25) is 0 Å². The molecule has 2 saturated heterocycles. The number of hydrogen-bond donors (Lipinski definition) is 1. The molecule has 0 aromatic heterocycles. The maximum atomic E-state index is 12.0. The monoisotopic (exact) mass is 410 g/mol. The van der Waals surface area contributed by atoms with E-state index in [1.165, 1.54) is 70.6 Å². The van der Waals surface area contributed by atoms with E-state index < -0.39 is 6.10 Å². The van der Waals surface area contributed by atoms with E-state index in [4.69, 9.17) is 14.2 Å². The van der Waals surface area contributed by atoms with E-state index in [9.17, 15) is 9.90 Å². The van der Waals surface area contributed by atoms with Crippen LogP contribution in [-0.4, -0.2) is 48.7 Å². The molecule has 1 N–H and O–H groups in total. The van der Waals surface area contributed by atoms with Gasteiger partial charge in [-0.1, -0.05) is 70.4 Å². The van der Waals surface area contributed by atoms with Crippen LogP contribution in [0.1, 0.15) is 96.8 Å². The molecule has 5 nitrogen and oxygen atoms in total. The van der Waals surface area contributed by atoms with Gasteiger partial charge in [-0.05, 0) is 32.1 Å². The SMILES string of the molecule is CCCCCCCC/C=C\CCCCCCCC(=O)O[C@@H]1CO[C@@H]2[C@@H]1OC[C@H]2O. The predicted octanol–water partition coefficient (Wildman–Crippen LogP) is 5.09. The van der Waals surface area contributed by atoms with Gasteiger partial charge in [0.1, 0.15) is 18.3 Å². The Labute approximate surface area is 177 Å². The third kappa shape index (κ3) is 9.63. The van der Waals surface area contributed by atoms with Crippen LogP contribution in [0, 0.1) is 0 Å². The van der Waals surface area contributed by atoms with Crippen molar-refractivity contribution in [2.45, 2.75) is 121 Å². The summed E-state index contributed by atoms with van der Waals surface area (Å²) >= 11 is 0. The lowest BCUT2D eigenvalue weighted by molar-refractivity contribution is -0.153. The smallest absolute Gasteiger partial charge is 0.306 e. The summed E-state index contributed by atoms with van der Waals surface area (Å²) in [6.07, 6.45) is 19.7. The average Bonchev–Trinajstić information content (AvgIpc) is 3.28. The molecule has 0 radical (unpaired) electrons. The van der Waals surface area contributed by atoms with E-state index in [0.29, 0.717) is 13.0 Å². The summed E-state index contributed by atoms with van der Waals surface area (Å²) in [5.74, 6) is -0.179. The Morgan fingerprint density at radius 2 is 1.45 bits per heavy atom.